The summed E-state index contributed by atoms with van der Waals surface area (Å²) in [5.41, 5.74) is -4.44. The van der Waals surface area contributed by atoms with Crippen molar-refractivity contribution in [3.63, 3.8) is 0 Å². The molecule has 11 heteroatoms. The second kappa shape index (κ2) is 4.70. The van der Waals surface area contributed by atoms with Crippen LogP contribution in [-0.4, -0.2) is 16.5 Å². The summed E-state index contributed by atoms with van der Waals surface area (Å²) in [6.07, 6.45) is -15.0. The normalized spacial score (nSPS) is 12.9. The van der Waals surface area contributed by atoms with E-state index in [1.807, 2.05) is 0 Å². The zero-order valence-corrected chi connectivity index (χ0v) is 8.48. The smallest absolute Gasteiger partial charge is 0.503 e. The van der Waals surface area contributed by atoms with Crippen LogP contribution in [0.1, 0.15) is 17.7 Å². The lowest BCUT2D eigenvalue weighted by atomic mass is 10.1. The molecule has 0 saturated carbocycles. The predicted octanol–water partition coefficient (Wildman–Crippen LogP) is 3.64. The van der Waals surface area contributed by atoms with Crippen molar-refractivity contribution in [2.45, 2.75) is 19.0 Å². The predicted molar refractivity (Wildman–Crippen MR) is 42.5 cm³/mol. The number of hydrogen-bond donors (Lipinski definition) is 1. The molecule has 0 aliphatic carbocycles. The highest BCUT2D eigenvalue weighted by molar-refractivity contribution is 5.48. The molecular weight excluding hydrogens is 294 g/mol. The van der Waals surface area contributed by atoms with Gasteiger partial charge in [-0.2, -0.15) is 13.2 Å². The molecule has 0 fully saturated rings. The van der Waals surface area contributed by atoms with Crippen LogP contribution in [0.15, 0.2) is 6.20 Å². The maximum Gasteiger partial charge on any atom is 0.573 e. The van der Waals surface area contributed by atoms with Crippen molar-refractivity contribution in [1.82, 2.24) is 4.98 Å². The molecule has 1 N–H and O–H groups in total. The minimum atomic E-state index is -5.55. The SMILES string of the molecule is Oc1cnc(C(F)(F)F)c(C(F)F)c1OC(F)(F)F. The maximum absolute atomic E-state index is 12.5. The highest BCUT2D eigenvalue weighted by Crippen LogP contribution is 2.45. The molecule has 19 heavy (non-hydrogen) atoms. The third-order valence-electron chi connectivity index (χ3n) is 1.75. The molecular formula is C8H3F8NO2. The topological polar surface area (TPSA) is 42.4 Å². The van der Waals surface area contributed by atoms with E-state index >= 15 is 0 Å². The number of aromatic hydroxyl groups is 1. The summed E-state index contributed by atoms with van der Waals surface area (Å²) in [6.45, 7) is 0. The monoisotopic (exact) mass is 297 g/mol. The first kappa shape index (κ1) is 15.2. The van der Waals surface area contributed by atoms with Gasteiger partial charge in [-0.05, 0) is 0 Å². The number of nitrogens with zero attached hydrogens (tertiary/aromatic N) is 1. The van der Waals surface area contributed by atoms with E-state index in [1.165, 1.54) is 0 Å². The minimum Gasteiger partial charge on any atom is -0.503 e. The van der Waals surface area contributed by atoms with E-state index in [0.29, 0.717) is 0 Å². The van der Waals surface area contributed by atoms with Crippen LogP contribution in [-0.2, 0) is 6.18 Å². The molecule has 0 unspecified atom stereocenters. The van der Waals surface area contributed by atoms with E-state index < -0.39 is 41.7 Å². The molecule has 108 valence electrons. The van der Waals surface area contributed by atoms with Gasteiger partial charge in [-0.15, -0.1) is 13.2 Å². The van der Waals surface area contributed by atoms with Crippen molar-refractivity contribution in [1.29, 1.82) is 0 Å². The van der Waals surface area contributed by atoms with Crippen molar-refractivity contribution >= 4 is 0 Å². The molecule has 1 rings (SSSR count). The molecule has 3 nitrogen and oxygen atoms in total. The molecule has 0 spiro atoms. The first-order chi connectivity index (χ1) is 8.43. The standard InChI is InChI=1S/C8H3F8NO2/c9-6(10)3-4(19-8(14,15)16)2(18)1-17-5(3)7(11,12)13/h1,6,18H. The van der Waals surface area contributed by atoms with Gasteiger partial charge in [0.25, 0.3) is 6.43 Å². The molecule has 0 bridgehead atoms. The van der Waals surface area contributed by atoms with E-state index in [2.05, 4.69) is 9.72 Å². The van der Waals surface area contributed by atoms with Gasteiger partial charge in [-0.1, -0.05) is 0 Å². The lowest BCUT2D eigenvalue weighted by Crippen LogP contribution is -2.21. The number of aromatic nitrogens is 1. The zero-order valence-electron chi connectivity index (χ0n) is 8.48. The second-order valence-electron chi connectivity index (χ2n) is 3.08. The number of halogens is 8. The van der Waals surface area contributed by atoms with Crippen LogP contribution in [0.4, 0.5) is 35.1 Å². The quantitative estimate of drug-likeness (QED) is 0.847. The summed E-state index contributed by atoms with van der Waals surface area (Å²) in [6, 6.07) is 0. The van der Waals surface area contributed by atoms with Crippen LogP contribution in [0, 0.1) is 0 Å². The Balaban J connectivity index is 3.52. The largest absolute Gasteiger partial charge is 0.573 e. The zero-order chi connectivity index (χ0) is 15.0. The molecule has 1 aromatic heterocycles. The van der Waals surface area contributed by atoms with E-state index in [9.17, 15) is 35.1 Å². The molecule has 0 atom stereocenters. The lowest BCUT2D eigenvalue weighted by Gasteiger charge is -2.17. The van der Waals surface area contributed by atoms with Crippen LogP contribution >= 0.6 is 0 Å². The van der Waals surface area contributed by atoms with Gasteiger partial charge >= 0.3 is 12.5 Å². The molecule has 0 radical (unpaired) electrons. The van der Waals surface area contributed by atoms with Crippen molar-refractivity contribution in [3.05, 3.63) is 17.5 Å². The van der Waals surface area contributed by atoms with E-state index in [-0.39, 0.29) is 6.20 Å². The summed E-state index contributed by atoms with van der Waals surface area (Å²) in [4.78, 5) is 2.46. The lowest BCUT2D eigenvalue weighted by molar-refractivity contribution is -0.275. The summed E-state index contributed by atoms with van der Waals surface area (Å²) >= 11 is 0. The van der Waals surface area contributed by atoms with Crippen LogP contribution in [0.3, 0.4) is 0 Å². The first-order valence-electron chi connectivity index (χ1n) is 4.26. The second-order valence-corrected chi connectivity index (χ2v) is 3.08. The molecule has 0 aliphatic rings. The van der Waals surface area contributed by atoms with Crippen LogP contribution < -0.4 is 4.74 Å². The molecule has 0 saturated heterocycles. The Morgan fingerprint density at radius 2 is 1.63 bits per heavy atom. The first-order valence-corrected chi connectivity index (χ1v) is 4.26. The Morgan fingerprint density at radius 3 is 2.00 bits per heavy atom. The van der Waals surface area contributed by atoms with Gasteiger partial charge in [-0.3, -0.25) is 0 Å². The van der Waals surface area contributed by atoms with E-state index in [4.69, 9.17) is 5.11 Å². The van der Waals surface area contributed by atoms with Gasteiger partial charge < -0.3 is 9.84 Å². The third-order valence-corrected chi connectivity index (χ3v) is 1.75. The van der Waals surface area contributed by atoms with Gasteiger partial charge in [0.1, 0.15) is 0 Å². The van der Waals surface area contributed by atoms with Crippen LogP contribution in [0.25, 0.3) is 0 Å². The fourth-order valence-corrected chi connectivity index (χ4v) is 1.15. The van der Waals surface area contributed by atoms with Crippen molar-refractivity contribution in [2.75, 3.05) is 0 Å². The molecule has 0 aromatic carbocycles. The Morgan fingerprint density at radius 1 is 1.11 bits per heavy atom. The average Bonchev–Trinajstić information content (AvgIpc) is 2.16. The number of rotatable bonds is 2. The van der Waals surface area contributed by atoms with Gasteiger partial charge in [0, 0.05) is 0 Å². The molecule has 0 aliphatic heterocycles. The number of ether oxygens (including phenoxy) is 1. The Kier molecular flexibility index (Phi) is 3.77. The average molecular weight is 297 g/mol. The highest BCUT2D eigenvalue weighted by atomic mass is 19.4. The summed E-state index contributed by atoms with van der Waals surface area (Å²) in [5, 5.41) is 8.91. The maximum atomic E-state index is 12.5. The number of pyridine rings is 1. The Labute approximate surface area is 99.0 Å². The molecule has 0 amide bonds. The van der Waals surface area contributed by atoms with Crippen molar-refractivity contribution in [2.24, 2.45) is 0 Å². The minimum absolute atomic E-state index is 0.0597. The third kappa shape index (κ3) is 3.58. The molecule has 1 aromatic rings. The number of hydrogen-bond acceptors (Lipinski definition) is 3. The van der Waals surface area contributed by atoms with E-state index in [1.54, 1.807) is 0 Å². The van der Waals surface area contributed by atoms with E-state index in [0.717, 1.165) is 0 Å². The highest BCUT2D eigenvalue weighted by Gasteiger charge is 2.43. The van der Waals surface area contributed by atoms with Gasteiger partial charge in [-0.25, -0.2) is 13.8 Å². The van der Waals surface area contributed by atoms with Gasteiger partial charge in [0.15, 0.2) is 17.2 Å². The fraction of sp³-hybridized carbons (Fsp3) is 0.375. The summed E-state index contributed by atoms with van der Waals surface area (Å²) < 4.78 is 101. The Hall–Kier alpha value is -1.81. The van der Waals surface area contributed by atoms with Crippen LogP contribution in [0.2, 0.25) is 0 Å². The number of alkyl halides is 8. The van der Waals surface area contributed by atoms with Crippen molar-refractivity contribution < 1.29 is 45.0 Å². The van der Waals surface area contributed by atoms with Crippen LogP contribution in [0.5, 0.6) is 11.5 Å². The van der Waals surface area contributed by atoms with Gasteiger partial charge in [0.05, 0.1) is 11.8 Å². The van der Waals surface area contributed by atoms with Gasteiger partial charge in [0.2, 0.25) is 0 Å². The molecule has 1 heterocycles. The van der Waals surface area contributed by atoms with Crippen molar-refractivity contribution in [3.8, 4) is 11.5 Å². The summed E-state index contributed by atoms with van der Waals surface area (Å²) in [5.74, 6) is -3.61. The summed E-state index contributed by atoms with van der Waals surface area (Å²) in [7, 11) is 0. The fourth-order valence-electron chi connectivity index (χ4n) is 1.15. The Bertz CT molecular complexity index is 467.